The summed E-state index contributed by atoms with van der Waals surface area (Å²) in [6.07, 6.45) is 4.47. The van der Waals surface area contributed by atoms with E-state index in [2.05, 4.69) is 11.8 Å². The van der Waals surface area contributed by atoms with Gasteiger partial charge >= 0.3 is 0 Å². The summed E-state index contributed by atoms with van der Waals surface area (Å²) in [5, 5.41) is 0. The first kappa shape index (κ1) is 11.1. The summed E-state index contributed by atoms with van der Waals surface area (Å²) in [5.41, 5.74) is 0. The van der Waals surface area contributed by atoms with Crippen LogP contribution in [0.4, 0.5) is 0 Å². The number of Topliss-reactive ketones (excluding diaryl/α,β-unsaturated/α-hetero) is 1. The Morgan fingerprint density at radius 1 is 1.47 bits per heavy atom. The van der Waals surface area contributed by atoms with E-state index >= 15 is 0 Å². The Morgan fingerprint density at radius 2 is 2.27 bits per heavy atom. The van der Waals surface area contributed by atoms with Crippen molar-refractivity contribution in [2.24, 2.45) is 5.92 Å². The predicted octanol–water partition coefficient (Wildman–Crippen LogP) is 1.47. The molecule has 1 heterocycles. The summed E-state index contributed by atoms with van der Waals surface area (Å²) < 4.78 is 5.48. The monoisotopic (exact) mass is 211 g/mol. The molecular weight excluding hydrogens is 190 g/mol. The van der Waals surface area contributed by atoms with Crippen LogP contribution in [0.3, 0.4) is 0 Å². The maximum Gasteiger partial charge on any atom is 0.136 e. The second-order valence-corrected chi connectivity index (χ2v) is 4.83. The van der Waals surface area contributed by atoms with Gasteiger partial charge in [0.15, 0.2) is 0 Å². The van der Waals surface area contributed by atoms with E-state index in [0.717, 1.165) is 51.9 Å². The third kappa shape index (κ3) is 3.58. The zero-order valence-corrected chi connectivity index (χ0v) is 9.58. The number of hydrogen-bond acceptors (Lipinski definition) is 3. The van der Waals surface area contributed by atoms with Crippen molar-refractivity contribution in [2.75, 3.05) is 26.2 Å². The number of rotatable bonds is 5. The van der Waals surface area contributed by atoms with E-state index in [9.17, 15) is 4.79 Å². The number of hydrogen-bond donors (Lipinski definition) is 0. The smallest absolute Gasteiger partial charge is 0.136 e. The molecule has 0 spiro atoms. The summed E-state index contributed by atoms with van der Waals surface area (Å²) >= 11 is 0. The lowest BCUT2D eigenvalue weighted by Gasteiger charge is -2.30. The van der Waals surface area contributed by atoms with Gasteiger partial charge in [-0.25, -0.2) is 0 Å². The van der Waals surface area contributed by atoms with E-state index in [0.29, 0.717) is 17.8 Å². The third-order valence-electron chi connectivity index (χ3n) is 3.26. The lowest BCUT2D eigenvalue weighted by atomic mass is 10.1. The highest BCUT2D eigenvalue weighted by molar-refractivity contribution is 5.83. The van der Waals surface area contributed by atoms with E-state index in [1.54, 1.807) is 0 Å². The molecule has 1 aliphatic heterocycles. The van der Waals surface area contributed by atoms with Gasteiger partial charge in [-0.1, -0.05) is 0 Å². The fraction of sp³-hybridized carbons (Fsp3) is 0.917. The highest BCUT2D eigenvalue weighted by Crippen LogP contribution is 2.31. The molecule has 0 bridgehead atoms. The van der Waals surface area contributed by atoms with Crippen molar-refractivity contribution < 1.29 is 9.53 Å². The van der Waals surface area contributed by atoms with Crippen molar-refractivity contribution in [3.05, 3.63) is 0 Å². The van der Waals surface area contributed by atoms with Gasteiger partial charge in [0.1, 0.15) is 5.78 Å². The second kappa shape index (κ2) is 5.08. The molecule has 86 valence electrons. The molecule has 0 radical (unpaired) electrons. The Balaban J connectivity index is 1.58. The van der Waals surface area contributed by atoms with E-state index < -0.39 is 0 Å². The van der Waals surface area contributed by atoms with Crippen molar-refractivity contribution in [2.45, 2.75) is 38.7 Å². The first-order chi connectivity index (χ1) is 7.25. The van der Waals surface area contributed by atoms with Gasteiger partial charge in [-0.05, 0) is 32.7 Å². The van der Waals surface area contributed by atoms with E-state index in [1.807, 2.05) is 0 Å². The van der Waals surface area contributed by atoms with Crippen LogP contribution in [-0.4, -0.2) is 43.0 Å². The lowest BCUT2D eigenvalue weighted by molar-refractivity contribution is -0.120. The molecule has 0 aromatic carbocycles. The summed E-state index contributed by atoms with van der Waals surface area (Å²) in [7, 11) is 0. The van der Waals surface area contributed by atoms with Crippen LogP contribution in [0.25, 0.3) is 0 Å². The SMILES string of the molecule is CC1CN(CCCC(=O)C2CC2)CCO1. The van der Waals surface area contributed by atoms with Crippen molar-refractivity contribution >= 4 is 5.78 Å². The van der Waals surface area contributed by atoms with Gasteiger partial charge in [0.2, 0.25) is 0 Å². The minimum Gasteiger partial charge on any atom is -0.376 e. The maximum atomic E-state index is 11.5. The van der Waals surface area contributed by atoms with Crippen LogP contribution in [0.5, 0.6) is 0 Å². The first-order valence-corrected chi connectivity index (χ1v) is 6.12. The molecule has 2 rings (SSSR count). The predicted molar refractivity (Wildman–Crippen MR) is 58.8 cm³/mol. The lowest BCUT2D eigenvalue weighted by Crippen LogP contribution is -2.41. The van der Waals surface area contributed by atoms with E-state index in [1.165, 1.54) is 0 Å². The van der Waals surface area contributed by atoms with E-state index in [-0.39, 0.29) is 0 Å². The van der Waals surface area contributed by atoms with Gasteiger partial charge in [-0.15, -0.1) is 0 Å². The highest BCUT2D eigenvalue weighted by atomic mass is 16.5. The molecule has 1 unspecified atom stereocenters. The zero-order valence-electron chi connectivity index (χ0n) is 9.58. The van der Waals surface area contributed by atoms with Crippen molar-refractivity contribution in [3.8, 4) is 0 Å². The molecule has 0 aromatic heterocycles. The molecule has 2 fully saturated rings. The van der Waals surface area contributed by atoms with Crippen LogP contribution < -0.4 is 0 Å². The molecule has 3 heteroatoms. The van der Waals surface area contributed by atoms with Crippen molar-refractivity contribution in [1.82, 2.24) is 4.90 Å². The van der Waals surface area contributed by atoms with Crippen LogP contribution in [0.1, 0.15) is 32.6 Å². The number of morpholine rings is 1. The summed E-state index contributed by atoms with van der Waals surface area (Å²) in [6.45, 7) is 6.07. The maximum absolute atomic E-state index is 11.5. The molecule has 1 aliphatic carbocycles. The van der Waals surface area contributed by atoms with Crippen LogP contribution >= 0.6 is 0 Å². The van der Waals surface area contributed by atoms with Gasteiger partial charge in [0.05, 0.1) is 12.7 Å². The van der Waals surface area contributed by atoms with Crippen LogP contribution in [0.15, 0.2) is 0 Å². The Labute approximate surface area is 91.8 Å². The standard InChI is InChI=1S/C12H21NO2/c1-10-9-13(7-8-15-10)6-2-3-12(14)11-4-5-11/h10-11H,2-9H2,1H3. The summed E-state index contributed by atoms with van der Waals surface area (Å²) in [5.74, 6) is 0.935. The molecule has 1 atom stereocenters. The number of nitrogens with zero attached hydrogens (tertiary/aromatic N) is 1. The molecule has 0 amide bonds. The first-order valence-electron chi connectivity index (χ1n) is 6.12. The van der Waals surface area contributed by atoms with Gasteiger partial charge < -0.3 is 4.74 Å². The molecule has 15 heavy (non-hydrogen) atoms. The third-order valence-corrected chi connectivity index (χ3v) is 3.26. The summed E-state index contributed by atoms with van der Waals surface area (Å²) in [4.78, 5) is 13.9. The molecule has 1 saturated heterocycles. The van der Waals surface area contributed by atoms with Crippen molar-refractivity contribution in [1.29, 1.82) is 0 Å². The molecule has 2 aliphatic rings. The topological polar surface area (TPSA) is 29.5 Å². The molecule has 0 N–H and O–H groups in total. The summed E-state index contributed by atoms with van der Waals surface area (Å²) in [6, 6.07) is 0. The molecule has 0 aromatic rings. The molecule has 1 saturated carbocycles. The zero-order chi connectivity index (χ0) is 10.7. The Kier molecular flexibility index (Phi) is 3.76. The minimum atomic E-state index is 0.359. The largest absolute Gasteiger partial charge is 0.376 e. The number of ether oxygens (including phenoxy) is 1. The Bertz CT molecular complexity index is 226. The fourth-order valence-corrected chi connectivity index (χ4v) is 2.18. The van der Waals surface area contributed by atoms with Gasteiger partial charge in [-0.3, -0.25) is 9.69 Å². The number of ketones is 1. The molecular formula is C12H21NO2. The number of carbonyl (C=O) groups is 1. The average Bonchev–Trinajstić information content (AvgIpc) is 3.00. The molecule has 3 nitrogen and oxygen atoms in total. The average molecular weight is 211 g/mol. The van der Waals surface area contributed by atoms with Crippen LogP contribution in [-0.2, 0) is 9.53 Å². The van der Waals surface area contributed by atoms with Gasteiger partial charge in [0, 0.05) is 25.4 Å². The van der Waals surface area contributed by atoms with Gasteiger partial charge in [0.25, 0.3) is 0 Å². The second-order valence-electron chi connectivity index (χ2n) is 4.83. The Hall–Kier alpha value is -0.410. The Morgan fingerprint density at radius 3 is 2.93 bits per heavy atom. The minimum absolute atomic E-state index is 0.359. The fourth-order valence-electron chi connectivity index (χ4n) is 2.18. The van der Waals surface area contributed by atoms with Crippen LogP contribution in [0.2, 0.25) is 0 Å². The van der Waals surface area contributed by atoms with E-state index in [4.69, 9.17) is 4.74 Å². The highest BCUT2D eigenvalue weighted by Gasteiger charge is 2.28. The van der Waals surface area contributed by atoms with Crippen molar-refractivity contribution in [3.63, 3.8) is 0 Å². The normalized spacial score (nSPS) is 27.9. The van der Waals surface area contributed by atoms with Crippen LogP contribution in [0, 0.1) is 5.92 Å². The number of carbonyl (C=O) groups excluding carboxylic acids is 1. The quantitative estimate of drug-likeness (QED) is 0.689. The van der Waals surface area contributed by atoms with Gasteiger partial charge in [-0.2, -0.15) is 0 Å².